The largest absolute Gasteiger partial charge is 0.502 e. The Bertz CT molecular complexity index is 853. The Morgan fingerprint density at radius 1 is 1.33 bits per heavy atom. The van der Waals surface area contributed by atoms with Crippen LogP contribution in [0.1, 0.15) is 21.5 Å². The summed E-state index contributed by atoms with van der Waals surface area (Å²) in [4.78, 5) is 22.0. The van der Waals surface area contributed by atoms with E-state index < -0.39 is 22.3 Å². The van der Waals surface area contributed by atoms with E-state index in [4.69, 9.17) is 23.2 Å². The number of benzene rings is 2. The molecule has 124 valence electrons. The van der Waals surface area contributed by atoms with Crippen molar-refractivity contribution >= 4 is 41.0 Å². The number of rotatable bonds is 4. The van der Waals surface area contributed by atoms with Crippen molar-refractivity contribution in [2.45, 2.75) is 6.92 Å². The summed E-state index contributed by atoms with van der Waals surface area (Å²) in [7, 11) is 0. The van der Waals surface area contributed by atoms with E-state index in [-0.39, 0.29) is 21.2 Å². The number of aryl methyl sites for hydroxylation is 1. The molecule has 0 atom stereocenters. The number of aromatic hydroxyl groups is 1. The molecular formula is C15H11Cl2N3O4. The number of nitro groups is 1. The molecular weight excluding hydrogens is 357 g/mol. The van der Waals surface area contributed by atoms with Gasteiger partial charge in [0.05, 0.1) is 21.7 Å². The predicted octanol–water partition coefficient (Wildman–Crippen LogP) is 3.68. The van der Waals surface area contributed by atoms with Crippen molar-refractivity contribution in [3.05, 3.63) is 67.2 Å². The van der Waals surface area contributed by atoms with E-state index in [1.165, 1.54) is 6.07 Å². The fraction of sp³-hybridized carbons (Fsp3) is 0.0667. The minimum Gasteiger partial charge on any atom is -0.502 e. The van der Waals surface area contributed by atoms with Crippen LogP contribution < -0.4 is 5.43 Å². The van der Waals surface area contributed by atoms with Gasteiger partial charge in [0, 0.05) is 16.7 Å². The van der Waals surface area contributed by atoms with Crippen molar-refractivity contribution < 1.29 is 14.8 Å². The molecule has 9 heteroatoms. The number of nitrogens with one attached hydrogen (secondary N) is 1. The molecule has 2 rings (SSSR count). The van der Waals surface area contributed by atoms with Gasteiger partial charge in [0.25, 0.3) is 5.91 Å². The molecule has 0 fully saturated rings. The quantitative estimate of drug-likeness (QED) is 0.488. The van der Waals surface area contributed by atoms with Crippen LogP contribution in [0.5, 0.6) is 5.75 Å². The molecule has 7 nitrogen and oxygen atoms in total. The van der Waals surface area contributed by atoms with Gasteiger partial charge in [-0.3, -0.25) is 14.9 Å². The average Bonchev–Trinajstić information content (AvgIpc) is 2.49. The van der Waals surface area contributed by atoms with E-state index >= 15 is 0 Å². The van der Waals surface area contributed by atoms with Crippen LogP contribution in [0.4, 0.5) is 5.69 Å². The molecule has 24 heavy (non-hydrogen) atoms. The first-order chi connectivity index (χ1) is 11.3. The Balaban J connectivity index is 2.20. The normalized spacial score (nSPS) is 10.8. The molecule has 2 aromatic rings. The Kier molecular flexibility index (Phi) is 5.38. The van der Waals surface area contributed by atoms with Gasteiger partial charge in [-0.15, -0.1) is 0 Å². The van der Waals surface area contributed by atoms with Gasteiger partial charge in [-0.05, 0) is 30.7 Å². The van der Waals surface area contributed by atoms with Crippen LogP contribution in [-0.2, 0) is 0 Å². The van der Waals surface area contributed by atoms with Gasteiger partial charge in [-0.2, -0.15) is 5.10 Å². The fourth-order valence-corrected chi connectivity index (χ4v) is 2.41. The van der Waals surface area contributed by atoms with Gasteiger partial charge in [-0.25, -0.2) is 5.43 Å². The highest BCUT2D eigenvalue weighted by Gasteiger charge is 2.18. The number of carbonyl (C=O) groups excluding carboxylic acids is 1. The summed E-state index contributed by atoms with van der Waals surface area (Å²) in [5.74, 6) is -1.16. The lowest BCUT2D eigenvalue weighted by atomic mass is 10.1. The Hall–Kier alpha value is -2.64. The van der Waals surface area contributed by atoms with Crippen LogP contribution in [0, 0.1) is 17.0 Å². The molecule has 0 unspecified atom stereocenters. The molecule has 0 aliphatic carbocycles. The maximum absolute atomic E-state index is 12.0. The SMILES string of the molecule is Cc1ccc(C(=O)N/N=C/c2cc(Cl)cc([N+](=O)[O-])c2O)c(Cl)c1. The highest BCUT2D eigenvalue weighted by atomic mass is 35.5. The standard InChI is InChI=1S/C15H11Cl2N3O4/c1-8-2-3-11(12(17)4-8)15(22)19-18-7-9-5-10(16)6-13(14(9)21)20(23)24/h2-7,21H,1H3,(H,19,22)/b18-7+. The van der Waals surface area contributed by atoms with Crippen LogP contribution in [0.2, 0.25) is 10.0 Å². The predicted molar refractivity (Wildman–Crippen MR) is 91.0 cm³/mol. The van der Waals surface area contributed by atoms with Gasteiger partial charge in [0.2, 0.25) is 5.75 Å². The van der Waals surface area contributed by atoms with Crippen LogP contribution in [-0.4, -0.2) is 22.2 Å². The number of nitro benzene ring substituents is 1. The van der Waals surface area contributed by atoms with Gasteiger partial charge in [-0.1, -0.05) is 29.3 Å². The fourth-order valence-electron chi connectivity index (χ4n) is 1.87. The van der Waals surface area contributed by atoms with E-state index in [1.54, 1.807) is 18.2 Å². The number of nitrogens with zero attached hydrogens (tertiary/aromatic N) is 2. The number of hydrazone groups is 1. The molecule has 0 heterocycles. The molecule has 0 aromatic heterocycles. The van der Waals surface area contributed by atoms with E-state index in [0.29, 0.717) is 0 Å². The number of phenols is 1. The summed E-state index contributed by atoms with van der Waals surface area (Å²) in [6.07, 6.45) is 1.05. The Morgan fingerprint density at radius 2 is 2.04 bits per heavy atom. The zero-order chi connectivity index (χ0) is 17.9. The van der Waals surface area contributed by atoms with E-state index in [9.17, 15) is 20.0 Å². The second kappa shape index (κ2) is 7.29. The molecule has 0 spiro atoms. The van der Waals surface area contributed by atoms with Gasteiger partial charge in [0.15, 0.2) is 0 Å². The maximum atomic E-state index is 12.0. The lowest BCUT2D eigenvalue weighted by Crippen LogP contribution is -2.18. The molecule has 0 aliphatic heterocycles. The van der Waals surface area contributed by atoms with Crippen molar-refractivity contribution in [2.24, 2.45) is 5.10 Å². The van der Waals surface area contributed by atoms with Gasteiger partial charge in [0.1, 0.15) is 0 Å². The number of hydrogen-bond acceptors (Lipinski definition) is 5. The molecule has 0 saturated carbocycles. The lowest BCUT2D eigenvalue weighted by Gasteiger charge is -2.04. The van der Waals surface area contributed by atoms with Crippen molar-refractivity contribution in [3.63, 3.8) is 0 Å². The van der Waals surface area contributed by atoms with Gasteiger partial charge < -0.3 is 5.11 Å². The topological polar surface area (TPSA) is 105 Å². The second-order valence-corrected chi connectivity index (χ2v) is 5.65. The lowest BCUT2D eigenvalue weighted by molar-refractivity contribution is -0.385. The first-order valence-corrected chi connectivity index (χ1v) is 7.31. The summed E-state index contributed by atoms with van der Waals surface area (Å²) in [6.45, 7) is 1.83. The maximum Gasteiger partial charge on any atom is 0.312 e. The van der Waals surface area contributed by atoms with Crippen LogP contribution in [0.25, 0.3) is 0 Å². The summed E-state index contributed by atoms with van der Waals surface area (Å²) in [5, 5.41) is 24.6. The third-order valence-corrected chi connectivity index (χ3v) is 3.55. The highest BCUT2D eigenvalue weighted by Crippen LogP contribution is 2.32. The molecule has 2 aromatic carbocycles. The van der Waals surface area contributed by atoms with Crippen molar-refractivity contribution in [1.82, 2.24) is 5.43 Å². The molecule has 2 N–H and O–H groups in total. The Labute approximate surface area is 146 Å². The van der Waals surface area contributed by atoms with Crippen LogP contribution >= 0.6 is 23.2 Å². The first-order valence-electron chi connectivity index (χ1n) is 6.56. The number of amides is 1. The Morgan fingerprint density at radius 3 is 2.67 bits per heavy atom. The molecule has 1 amide bonds. The zero-order valence-corrected chi connectivity index (χ0v) is 13.8. The number of phenolic OH excluding ortho intramolecular Hbond substituents is 1. The minimum atomic E-state index is -0.775. The van der Waals surface area contributed by atoms with Crippen LogP contribution in [0.15, 0.2) is 35.4 Å². The second-order valence-electron chi connectivity index (χ2n) is 4.80. The number of hydrogen-bond donors (Lipinski definition) is 2. The van der Waals surface area contributed by atoms with Crippen molar-refractivity contribution in [3.8, 4) is 5.75 Å². The first kappa shape index (κ1) is 17.7. The summed E-state index contributed by atoms with van der Waals surface area (Å²) < 4.78 is 0. The van der Waals surface area contributed by atoms with Crippen molar-refractivity contribution in [1.29, 1.82) is 0 Å². The molecule has 0 bridgehead atoms. The molecule has 0 saturated heterocycles. The van der Waals surface area contributed by atoms with E-state index in [2.05, 4.69) is 10.5 Å². The average molecular weight is 368 g/mol. The smallest absolute Gasteiger partial charge is 0.312 e. The zero-order valence-electron chi connectivity index (χ0n) is 12.3. The molecule has 0 aliphatic rings. The monoisotopic (exact) mass is 367 g/mol. The third kappa shape index (κ3) is 4.01. The van der Waals surface area contributed by atoms with Crippen LogP contribution in [0.3, 0.4) is 0 Å². The highest BCUT2D eigenvalue weighted by molar-refractivity contribution is 6.34. The number of halogens is 2. The van der Waals surface area contributed by atoms with Crippen molar-refractivity contribution in [2.75, 3.05) is 0 Å². The summed E-state index contributed by atoms with van der Waals surface area (Å²) in [5.41, 5.74) is 2.78. The number of carbonyl (C=O) groups is 1. The summed E-state index contributed by atoms with van der Waals surface area (Å²) >= 11 is 11.7. The summed E-state index contributed by atoms with van der Waals surface area (Å²) in [6, 6.07) is 7.19. The van der Waals surface area contributed by atoms with Gasteiger partial charge >= 0.3 is 5.69 Å². The molecule has 0 radical (unpaired) electrons. The minimum absolute atomic E-state index is 0.00972. The van der Waals surface area contributed by atoms with E-state index in [0.717, 1.165) is 17.8 Å². The van der Waals surface area contributed by atoms with E-state index in [1.807, 2.05) is 6.92 Å². The third-order valence-electron chi connectivity index (χ3n) is 3.02.